The molecule has 2 aliphatic rings. The molecule has 2 atom stereocenters. The number of rotatable bonds is 11. The molecule has 0 unspecified atom stereocenters. The molecule has 3 heteroatoms. The Morgan fingerprint density at radius 3 is 0.875 bits per heavy atom. The molecule has 1 nitrogen and oxygen atoms in total. The zero-order valence-corrected chi connectivity index (χ0v) is 29.7. The number of hydrogen-bond acceptors (Lipinski definition) is 1. The lowest BCUT2D eigenvalue weighted by Gasteiger charge is -2.34. The number of aliphatic hydroxyl groups is 1. The maximum absolute atomic E-state index is 9.60. The van der Waals surface area contributed by atoms with Crippen LogP contribution in [-0.2, 0) is 0 Å². The molecule has 0 bridgehead atoms. The van der Waals surface area contributed by atoms with Crippen LogP contribution in [0.25, 0.3) is 0 Å². The van der Waals surface area contributed by atoms with Gasteiger partial charge in [-0.15, -0.1) is 0 Å². The van der Waals surface area contributed by atoms with Crippen molar-refractivity contribution < 1.29 is 5.11 Å². The summed E-state index contributed by atoms with van der Waals surface area (Å²) in [6.45, 7) is 0.327. The van der Waals surface area contributed by atoms with E-state index < -0.39 is 16.1 Å². The van der Waals surface area contributed by atoms with Gasteiger partial charge in [0.25, 0.3) is 0 Å². The van der Waals surface area contributed by atoms with Crippen LogP contribution < -0.4 is 31.1 Å². The summed E-state index contributed by atoms with van der Waals surface area (Å²) in [5.74, 6) is 2.03. The number of aliphatic hydroxyl groups excluding tert-OH is 1. The Morgan fingerprint density at radius 1 is 0.375 bits per heavy atom. The number of hydrogen-bond donors (Lipinski definition) is 1. The second-order valence-electron chi connectivity index (χ2n) is 13.8. The molecule has 0 radical (unpaired) electrons. The van der Waals surface area contributed by atoms with Crippen LogP contribution in [0.2, 0.25) is 12.1 Å². The summed E-state index contributed by atoms with van der Waals surface area (Å²) in [5, 5.41) is 18.6. The molecule has 2 aliphatic carbocycles. The van der Waals surface area contributed by atoms with Crippen LogP contribution in [0.4, 0.5) is 0 Å². The third-order valence-electron chi connectivity index (χ3n) is 10.8. The van der Waals surface area contributed by atoms with Crippen molar-refractivity contribution in [1.29, 1.82) is 0 Å². The fourth-order valence-corrected chi connectivity index (χ4v) is 18.5. The normalized spacial score (nSPS) is 17.2. The lowest BCUT2D eigenvalue weighted by molar-refractivity contribution is 0.270. The summed E-state index contributed by atoms with van der Waals surface area (Å²) < 4.78 is 0. The van der Waals surface area contributed by atoms with Gasteiger partial charge in [-0.3, -0.25) is 0 Å². The van der Waals surface area contributed by atoms with Crippen molar-refractivity contribution in [1.82, 2.24) is 0 Å². The van der Waals surface area contributed by atoms with Crippen molar-refractivity contribution in [3.8, 4) is 0 Å². The summed E-state index contributed by atoms with van der Waals surface area (Å²) in [6.07, 6.45) is 3.97. The van der Waals surface area contributed by atoms with E-state index in [1.54, 1.807) is 15.6 Å². The summed E-state index contributed by atoms with van der Waals surface area (Å²) >= 11 is 0. The van der Waals surface area contributed by atoms with Crippen LogP contribution >= 0.6 is 0 Å². The molecule has 1 N–H and O–H groups in total. The van der Waals surface area contributed by atoms with Crippen LogP contribution in [0.15, 0.2) is 182 Å². The van der Waals surface area contributed by atoms with E-state index in [-0.39, 0.29) is 0 Å². The predicted molar refractivity (Wildman–Crippen MR) is 209 cm³/mol. The third kappa shape index (κ3) is 6.82. The van der Waals surface area contributed by atoms with Crippen molar-refractivity contribution in [2.45, 2.75) is 31.4 Å². The molecule has 6 aromatic rings. The van der Waals surface area contributed by atoms with Gasteiger partial charge in [-0.1, -0.05) is 195 Å². The molecular weight excluding hydrogens is 613 g/mol. The van der Waals surface area contributed by atoms with Crippen LogP contribution in [0.5, 0.6) is 0 Å². The Morgan fingerprint density at radius 2 is 0.646 bits per heavy atom. The quantitative estimate of drug-likeness (QED) is 0.127. The highest BCUT2D eigenvalue weighted by Crippen LogP contribution is 2.43. The molecule has 0 saturated heterocycles. The Kier molecular flexibility index (Phi) is 9.99. The van der Waals surface area contributed by atoms with Crippen molar-refractivity contribution >= 4 is 47.3 Å². The van der Waals surface area contributed by atoms with Crippen LogP contribution in [0.1, 0.15) is 19.3 Å². The van der Waals surface area contributed by atoms with E-state index in [1.807, 2.05) is 0 Å². The highest BCUT2D eigenvalue weighted by Gasteiger charge is 2.48. The minimum atomic E-state index is -2.09. The first-order valence-electron chi connectivity index (χ1n) is 17.7. The molecular formula is C45H46OSi2. The van der Waals surface area contributed by atoms with Gasteiger partial charge >= 0.3 is 0 Å². The van der Waals surface area contributed by atoms with Gasteiger partial charge in [0, 0.05) is 6.61 Å². The summed E-state index contributed by atoms with van der Waals surface area (Å²) in [5.41, 5.74) is 0. The van der Waals surface area contributed by atoms with Crippen molar-refractivity contribution in [2.75, 3.05) is 6.61 Å². The van der Waals surface area contributed by atoms with Gasteiger partial charge in [0.2, 0.25) is 0 Å². The van der Waals surface area contributed by atoms with E-state index in [2.05, 4.69) is 182 Å². The largest absolute Gasteiger partial charge is 0.396 e. The molecule has 8 rings (SSSR count). The molecule has 240 valence electrons. The fraction of sp³-hybridized carbons (Fsp3) is 0.200. The minimum absolute atomic E-state index is 0.327. The maximum atomic E-state index is 9.60. The molecule has 6 aromatic carbocycles. The van der Waals surface area contributed by atoms with Crippen LogP contribution in [-0.4, -0.2) is 27.9 Å². The Hall–Kier alpha value is -4.29. The van der Waals surface area contributed by atoms with E-state index in [4.69, 9.17) is 0 Å². The molecule has 0 heterocycles. The Labute approximate surface area is 289 Å². The first kappa shape index (κ1) is 32.3. The minimum Gasteiger partial charge on any atom is -0.396 e. The first-order valence-corrected chi connectivity index (χ1v) is 22.1. The van der Waals surface area contributed by atoms with Gasteiger partial charge < -0.3 is 5.11 Å². The van der Waals surface area contributed by atoms with Gasteiger partial charge in [0.15, 0.2) is 0 Å². The van der Waals surface area contributed by atoms with E-state index >= 15 is 0 Å². The highest BCUT2D eigenvalue weighted by atomic mass is 28.3. The van der Waals surface area contributed by atoms with E-state index in [0.717, 1.165) is 12.3 Å². The average Bonchev–Trinajstić information content (AvgIpc) is 4.13. The zero-order chi connectivity index (χ0) is 32.7. The fourth-order valence-electron chi connectivity index (χ4n) is 7.98. The SMILES string of the molecule is OC[C@@H]1C[C@@H]1C[Si](c1ccccc1)(c1ccccc1)c1ccccc1.c1ccc([Si](CC2CC2)(c2ccccc2)c2ccccc2)cc1. The number of benzene rings is 6. The molecule has 0 spiro atoms. The van der Waals surface area contributed by atoms with Crippen LogP contribution in [0, 0.1) is 17.8 Å². The molecule has 0 aliphatic heterocycles. The molecule has 0 amide bonds. The molecule has 0 aromatic heterocycles. The monoisotopic (exact) mass is 658 g/mol. The molecule has 48 heavy (non-hydrogen) atoms. The summed E-state index contributed by atoms with van der Waals surface area (Å²) in [7, 11) is -4.02. The Bertz CT molecular complexity index is 1630. The second-order valence-corrected chi connectivity index (χ2v) is 21.7. The standard InChI is InChI=1S/C23H24OSi.C22H22Si/c24-17-19-16-20(19)18-25(21-10-4-1-5-11-21,22-12-6-2-7-13-22)23-14-8-3-9-15-23;1-4-10-20(11-5-1)23(18-19-16-17-19,21-12-6-2-7-13-21)22-14-8-3-9-15-22/h1-15,19-20,24H,16-18H2;1-15,19H,16-18H2/t19-,20+;/m0./s1. The van der Waals surface area contributed by atoms with Crippen molar-refractivity contribution in [3.63, 3.8) is 0 Å². The van der Waals surface area contributed by atoms with Gasteiger partial charge in [-0.25, -0.2) is 0 Å². The van der Waals surface area contributed by atoms with Crippen molar-refractivity contribution in [3.05, 3.63) is 182 Å². The maximum Gasteiger partial charge on any atom is 0.148 e. The predicted octanol–water partition coefficient (Wildman–Crippen LogP) is 6.35. The lowest BCUT2D eigenvalue weighted by Crippen LogP contribution is -2.67. The smallest absolute Gasteiger partial charge is 0.148 e. The van der Waals surface area contributed by atoms with E-state index in [1.165, 1.54) is 40.5 Å². The van der Waals surface area contributed by atoms with Gasteiger partial charge in [-0.2, -0.15) is 0 Å². The van der Waals surface area contributed by atoms with Gasteiger partial charge in [0.1, 0.15) is 16.1 Å². The Balaban J connectivity index is 0.000000152. The average molecular weight is 659 g/mol. The third-order valence-corrected chi connectivity index (χ3v) is 21.0. The zero-order valence-electron chi connectivity index (χ0n) is 27.7. The summed E-state index contributed by atoms with van der Waals surface area (Å²) in [6, 6.07) is 69.4. The first-order chi connectivity index (χ1) is 23.7. The van der Waals surface area contributed by atoms with Crippen LogP contribution in [0.3, 0.4) is 0 Å². The summed E-state index contributed by atoms with van der Waals surface area (Å²) in [4.78, 5) is 0. The highest BCUT2D eigenvalue weighted by molar-refractivity contribution is 7.12. The van der Waals surface area contributed by atoms with Gasteiger partial charge in [-0.05, 0) is 67.4 Å². The molecule has 2 fully saturated rings. The lowest BCUT2D eigenvalue weighted by atomic mass is 10.3. The molecule has 2 saturated carbocycles. The second kappa shape index (κ2) is 14.9. The van der Waals surface area contributed by atoms with E-state index in [9.17, 15) is 5.11 Å². The topological polar surface area (TPSA) is 20.2 Å². The van der Waals surface area contributed by atoms with Crippen molar-refractivity contribution in [2.24, 2.45) is 17.8 Å². The van der Waals surface area contributed by atoms with E-state index in [0.29, 0.717) is 18.4 Å². The van der Waals surface area contributed by atoms with Gasteiger partial charge in [0.05, 0.1) is 0 Å².